The number of aromatic hydroxyl groups is 1. The quantitative estimate of drug-likeness (QED) is 0.700. The summed E-state index contributed by atoms with van der Waals surface area (Å²) in [4.78, 5) is 15.5. The van der Waals surface area contributed by atoms with Gasteiger partial charge in [0.05, 0.1) is 11.9 Å². The van der Waals surface area contributed by atoms with Crippen molar-refractivity contribution in [3.8, 4) is 17.3 Å². The number of hydrogen-bond acceptors (Lipinski definition) is 7. The third kappa shape index (κ3) is 4.45. The van der Waals surface area contributed by atoms with Crippen molar-refractivity contribution in [2.45, 2.75) is 52.0 Å². The first kappa shape index (κ1) is 19.5. The summed E-state index contributed by atoms with van der Waals surface area (Å²) >= 11 is 0. The maximum atomic E-state index is 10.2. The molecule has 0 radical (unpaired) electrons. The first-order valence-corrected chi connectivity index (χ1v) is 10.2. The molecule has 152 valence electrons. The highest BCUT2D eigenvalue weighted by atomic mass is 16.5. The molecule has 0 atom stereocenters. The molecule has 1 N–H and O–H groups in total. The molecule has 0 aliphatic carbocycles. The summed E-state index contributed by atoms with van der Waals surface area (Å²) in [7, 11) is 0. The van der Waals surface area contributed by atoms with Crippen molar-refractivity contribution in [3.63, 3.8) is 0 Å². The van der Waals surface area contributed by atoms with Crippen LogP contribution in [-0.4, -0.2) is 43.2 Å². The average molecular weight is 393 g/mol. The molecule has 0 bridgehead atoms. The standard InChI is InChI=1S/C22H27N5O2/c1-14(2)17-4-5-20(28)18(10-17)13-27-8-6-16(7-9-27)21-25-22(29-26-21)19-12-23-15(3)11-24-19/h4-5,10-12,14,16,28H,6-9,13H2,1-3H3. The maximum Gasteiger partial charge on any atom is 0.278 e. The summed E-state index contributed by atoms with van der Waals surface area (Å²) in [5.41, 5.74) is 3.71. The third-order valence-electron chi connectivity index (χ3n) is 5.56. The van der Waals surface area contributed by atoms with E-state index in [0.29, 0.717) is 23.3 Å². The molecule has 1 saturated heterocycles. The molecule has 7 heteroatoms. The number of benzene rings is 1. The van der Waals surface area contributed by atoms with Gasteiger partial charge >= 0.3 is 0 Å². The second kappa shape index (κ2) is 8.29. The van der Waals surface area contributed by atoms with Gasteiger partial charge in [-0.25, -0.2) is 4.98 Å². The lowest BCUT2D eigenvalue weighted by Gasteiger charge is -2.30. The van der Waals surface area contributed by atoms with Gasteiger partial charge < -0.3 is 9.63 Å². The Bertz CT molecular complexity index is 960. The lowest BCUT2D eigenvalue weighted by Crippen LogP contribution is -2.32. The zero-order valence-electron chi connectivity index (χ0n) is 17.2. The topological polar surface area (TPSA) is 88.2 Å². The number of likely N-dealkylation sites (tertiary alicyclic amines) is 1. The largest absolute Gasteiger partial charge is 0.508 e. The van der Waals surface area contributed by atoms with Crippen LogP contribution in [-0.2, 0) is 6.54 Å². The van der Waals surface area contributed by atoms with Crippen molar-refractivity contribution in [1.29, 1.82) is 0 Å². The molecular weight excluding hydrogens is 366 g/mol. The minimum absolute atomic E-state index is 0.276. The summed E-state index contributed by atoms with van der Waals surface area (Å²) in [6.07, 6.45) is 5.28. The highest BCUT2D eigenvalue weighted by Crippen LogP contribution is 2.30. The Morgan fingerprint density at radius 2 is 1.97 bits per heavy atom. The van der Waals surface area contributed by atoms with Gasteiger partial charge in [-0.3, -0.25) is 9.88 Å². The predicted octanol–water partition coefficient (Wildman–Crippen LogP) is 4.04. The highest BCUT2D eigenvalue weighted by Gasteiger charge is 2.25. The second-order valence-corrected chi connectivity index (χ2v) is 8.09. The SMILES string of the molecule is Cc1cnc(-c2nc(C3CCN(Cc4cc(C(C)C)ccc4O)CC3)no2)cn1. The lowest BCUT2D eigenvalue weighted by molar-refractivity contribution is 0.198. The van der Waals surface area contributed by atoms with Gasteiger partial charge in [0.1, 0.15) is 11.4 Å². The molecular formula is C22H27N5O2. The van der Waals surface area contributed by atoms with Crippen molar-refractivity contribution < 1.29 is 9.63 Å². The van der Waals surface area contributed by atoms with Crippen molar-refractivity contribution in [1.82, 2.24) is 25.0 Å². The van der Waals surface area contributed by atoms with E-state index < -0.39 is 0 Å². The minimum Gasteiger partial charge on any atom is -0.508 e. The van der Waals surface area contributed by atoms with Crippen molar-refractivity contribution in [2.75, 3.05) is 13.1 Å². The Kier molecular flexibility index (Phi) is 5.58. The molecule has 3 aromatic rings. The van der Waals surface area contributed by atoms with Gasteiger partial charge in [0.2, 0.25) is 0 Å². The second-order valence-electron chi connectivity index (χ2n) is 8.09. The van der Waals surface area contributed by atoms with Crippen molar-refractivity contribution >= 4 is 0 Å². The molecule has 4 rings (SSSR count). The van der Waals surface area contributed by atoms with E-state index in [9.17, 15) is 5.11 Å². The van der Waals surface area contributed by atoms with Crippen molar-refractivity contribution in [2.24, 2.45) is 0 Å². The number of hydrogen-bond donors (Lipinski definition) is 1. The number of aryl methyl sites for hydroxylation is 1. The molecule has 7 nitrogen and oxygen atoms in total. The summed E-state index contributed by atoms with van der Waals surface area (Å²) in [5.74, 6) is 2.26. The van der Waals surface area contributed by atoms with E-state index in [4.69, 9.17) is 4.52 Å². The van der Waals surface area contributed by atoms with Gasteiger partial charge in [0.15, 0.2) is 5.82 Å². The summed E-state index contributed by atoms with van der Waals surface area (Å²) in [5, 5.41) is 14.4. The lowest BCUT2D eigenvalue weighted by atomic mass is 9.95. The molecule has 0 unspecified atom stereocenters. The summed E-state index contributed by atoms with van der Waals surface area (Å²) < 4.78 is 5.41. The third-order valence-corrected chi connectivity index (χ3v) is 5.56. The van der Waals surface area contributed by atoms with Gasteiger partial charge in [-0.15, -0.1) is 0 Å². The number of piperidine rings is 1. The summed E-state index contributed by atoms with van der Waals surface area (Å²) in [6, 6.07) is 5.94. The number of rotatable bonds is 5. The first-order chi connectivity index (χ1) is 14.0. The first-order valence-electron chi connectivity index (χ1n) is 10.2. The van der Waals surface area contributed by atoms with Gasteiger partial charge in [0, 0.05) is 24.2 Å². The van der Waals surface area contributed by atoms with Crippen LogP contribution in [0.3, 0.4) is 0 Å². The van der Waals surface area contributed by atoms with Crippen LogP contribution in [0.25, 0.3) is 11.6 Å². The minimum atomic E-state index is 0.276. The molecule has 1 fully saturated rings. The van der Waals surface area contributed by atoms with Gasteiger partial charge in [-0.1, -0.05) is 31.1 Å². The van der Waals surface area contributed by atoms with E-state index in [1.807, 2.05) is 19.1 Å². The van der Waals surface area contributed by atoms with Gasteiger partial charge in [-0.05, 0) is 50.4 Å². The molecule has 0 amide bonds. The molecule has 3 heterocycles. The predicted molar refractivity (Wildman–Crippen MR) is 110 cm³/mol. The highest BCUT2D eigenvalue weighted by molar-refractivity contribution is 5.44. The summed E-state index contributed by atoms with van der Waals surface area (Å²) in [6.45, 7) is 8.86. The fourth-order valence-electron chi connectivity index (χ4n) is 3.69. The van der Waals surface area contributed by atoms with E-state index in [0.717, 1.165) is 49.6 Å². The fraction of sp³-hybridized carbons (Fsp3) is 0.455. The molecule has 1 aliphatic rings. The number of aromatic nitrogens is 4. The van der Waals surface area contributed by atoms with Crippen LogP contribution in [0.4, 0.5) is 0 Å². The molecule has 1 aliphatic heterocycles. The Labute approximate surface area is 170 Å². The smallest absolute Gasteiger partial charge is 0.278 e. The van der Waals surface area contributed by atoms with E-state index in [2.05, 4.69) is 44.9 Å². The number of phenolic OH excluding ortho intramolecular Hbond substituents is 1. The number of nitrogens with zero attached hydrogens (tertiary/aromatic N) is 5. The maximum absolute atomic E-state index is 10.2. The van der Waals surface area contributed by atoms with E-state index in [-0.39, 0.29) is 5.92 Å². The Hall–Kier alpha value is -2.80. The van der Waals surface area contributed by atoms with Gasteiger partial charge in [0.25, 0.3) is 5.89 Å². The monoisotopic (exact) mass is 393 g/mol. The zero-order chi connectivity index (χ0) is 20.4. The Morgan fingerprint density at radius 1 is 1.17 bits per heavy atom. The van der Waals surface area contributed by atoms with E-state index in [1.54, 1.807) is 12.4 Å². The molecule has 0 spiro atoms. The molecule has 29 heavy (non-hydrogen) atoms. The van der Waals surface area contributed by atoms with Crippen LogP contribution in [0.5, 0.6) is 5.75 Å². The van der Waals surface area contributed by atoms with Gasteiger partial charge in [-0.2, -0.15) is 4.98 Å². The molecule has 2 aromatic heterocycles. The zero-order valence-corrected chi connectivity index (χ0v) is 17.2. The van der Waals surface area contributed by atoms with Crippen LogP contribution in [0.15, 0.2) is 35.1 Å². The van der Waals surface area contributed by atoms with Crippen LogP contribution in [0, 0.1) is 6.92 Å². The Balaban J connectivity index is 1.38. The van der Waals surface area contributed by atoms with E-state index >= 15 is 0 Å². The van der Waals surface area contributed by atoms with Crippen LogP contribution >= 0.6 is 0 Å². The van der Waals surface area contributed by atoms with Crippen LogP contribution < -0.4 is 0 Å². The van der Waals surface area contributed by atoms with Crippen LogP contribution in [0.1, 0.15) is 61.2 Å². The average Bonchev–Trinajstić information content (AvgIpc) is 3.21. The molecule has 1 aromatic carbocycles. The van der Waals surface area contributed by atoms with Crippen molar-refractivity contribution in [3.05, 3.63) is 53.2 Å². The normalized spacial score (nSPS) is 15.9. The molecule has 0 saturated carbocycles. The van der Waals surface area contributed by atoms with E-state index in [1.165, 1.54) is 5.56 Å². The Morgan fingerprint density at radius 3 is 2.66 bits per heavy atom. The fourth-order valence-corrected chi connectivity index (χ4v) is 3.69. The number of phenols is 1. The van der Waals surface area contributed by atoms with Crippen LogP contribution in [0.2, 0.25) is 0 Å².